The summed E-state index contributed by atoms with van der Waals surface area (Å²) in [5, 5.41) is 4.53. The molecule has 4 heteroatoms. The number of aldehydes is 1. The SMILES string of the molecule is CCCCn1cc(C=O)c(-c2ccc(OC)c(C)c2)n1. The summed E-state index contributed by atoms with van der Waals surface area (Å²) < 4.78 is 7.10. The van der Waals surface area contributed by atoms with Crippen molar-refractivity contribution < 1.29 is 9.53 Å². The van der Waals surface area contributed by atoms with Crippen molar-refractivity contribution in [3.63, 3.8) is 0 Å². The van der Waals surface area contributed by atoms with Crippen LogP contribution in [0.3, 0.4) is 0 Å². The molecule has 0 bridgehead atoms. The van der Waals surface area contributed by atoms with Crippen LogP contribution < -0.4 is 4.74 Å². The molecule has 0 saturated heterocycles. The highest BCUT2D eigenvalue weighted by molar-refractivity contribution is 5.85. The molecule has 20 heavy (non-hydrogen) atoms. The molecule has 0 aliphatic heterocycles. The lowest BCUT2D eigenvalue weighted by atomic mass is 10.1. The van der Waals surface area contributed by atoms with Crippen LogP contribution in [-0.4, -0.2) is 23.2 Å². The molecule has 0 aliphatic carbocycles. The molecule has 0 spiro atoms. The lowest BCUT2D eigenvalue weighted by Crippen LogP contribution is -1.98. The summed E-state index contributed by atoms with van der Waals surface area (Å²) in [5.74, 6) is 0.840. The van der Waals surface area contributed by atoms with E-state index < -0.39 is 0 Å². The van der Waals surface area contributed by atoms with E-state index in [0.717, 1.165) is 48.2 Å². The van der Waals surface area contributed by atoms with Gasteiger partial charge in [-0.15, -0.1) is 0 Å². The first-order chi connectivity index (χ1) is 9.69. The monoisotopic (exact) mass is 272 g/mol. The summed E-state index contributed by atoms with van der Waals surface area (Å²) >= 11 is 0. The minimum absolute atomic E-state index is 0.630. The highest BCUT2D eigenvalue weighted by Crippen LogP contribution is 2.26. The fourth-order valence-corrected chi connectivity index (χ4v) is 2.21. The number of ether oxygens (including phenoxy) is 1. The van der Waals surface area contributed by atoms with Crippen molar-refractivity contribution >= 4 is 6.29 Å². The minimum atomic E-state index is 0.630. The first-order valence-electron chi connectivity index (χ1n) is 6.87. The molecule has 0 radical (unpaired) electrons. The Bertz CT molecular complexity index is 603. The van der Waals surface area contributed by atoms with Crippen LogP contribution in [0.25, 0.3) is 11.3 Å². The molecule has 2 rings (SSSR count). The maximum absolute atomic E-state index is 11.2. The highest BCUT2D eigenvalue weighted by atomic mass is 16.5. The first kappa shape index (κ1) is 14.3. The van der Waals surface area contributed by atoms with E-state index in [1.165, 1.54) is 0 Å². The van der Waals surface area contributed by atoms with E-state index in [9.17, 15) is 4.79 Å². The molecule has 0 amide bonds. The molecule has 2 aromatic rings. The third-order valence-electron chi connectivity index (χ3n) is 3.33. The number of unbranched alkanes of at least 4 members (excludes halogenated alkanes) is 1. The van der Waals surface area contributed by atoms with Crippen molar-refractivity contribution in [3.8, 4) is 17.0 Å². The maximum atomic E-state index is 11.2. The van der Waals surface area contributed by atoms with Gasteiger partial charge in [0.15, 0.2) is 6.29 Å². The Kier molecular flexibility index (Phi) is 4.56. The zero-order valence-corrected chi connectivity index (χ0v) is 12.2. The van der Waals surface area contributed by atoms with Crippen LogP contribution in [0, 0.1) is 6.92 Å². The van der Waals surface area contributed by atoms with Gasteiger partial charge in [0, 0.05) is 18.3 Å². The number of aromatic nitrogens is 2. The van der Waals surface area contributed by atoms with Gasteiger partial charge in [0.2, 0.25) is 0 Å². The van der Waals surface area contributed by atoms with Gasteiger partial charge in [-0.25, -0.2) is 0 Å². The zero-order chi connectivity index (χ0) is 14.5. The molecule has 0 aliphatic rings. The van der Waals surface area contributed by atoms with E-state index in [1.54, 1.807) is 7.11 Å². The molecule has 0 saturated carbocycles. The van der Waals surface area contributed by atoms with E-state index in [-0.39, 0.29) is 0 Å². The Labute approximate surface area is 119 Å². The number of hydrogen-bond donors (Lipinski definition) is 0. The number of hydrogen-bond acceptors (Lipinski definition) is 3. The molecule has 4 nitrogen and oxygen atoms in total. The Morgan fingerprint density at radius 1 is 1.40 bits per heavy atom. The quantitative estimate of drug-likeness (QED) is 0.756. The van der Waals surface area contributed by atoms with Crippen LogP contribution >= 0.6 is 0 Å². The van der Waals surface area contributed by atoms with Gasteiger partial charge in [-0.05, 0) is 37.1 Å². The second-order valence-corrected chi connectivity index (χ2v) is 4.85. The molecule has 106 valence electrons. The number of carbonyl (C=O) groups excluding carboxylic acids is 1. The average molecular weight is 272 g/mol. The number of methoxy groups -OCH3 is 1. The van der Waals surface area contributed by atoms with Crippen LogP contribution in [0.5, 0.6) is 5.75 Å². The normalized spacial score (nSPS) is 10.6. The molecule has 1 aromatic carbocycles. The average Bonchev–Trinajstić information content (AvgIpc) is 2.88. The smallest absolute Gasteiger partial charge is 0.153 e. The van der Waals surface area contributed by atoms with Crippen LogP contribution in [0.1, 0.15) is 35.7 Å². The van der Waals surface area contributed by atoms with Gasteiger partial charge in [-0.3, -0.25) is 9.48 Å². The number of rotatable bonds is 6. The summed E-state index contributed by atoms with van der Waals surface area (Å²) in [5.41, 5.74) is 3.35. The van der Waals surface area contributed by atoms with E-state index in [0.29, 0.717) is 5.56 Å². The Morgan fingerprint density at radius 3 is 2.80 bits per heavy atom. The van der Waals surface area contributed by atoms with E-state index in [1.807, 2.05) is 36.0 Å². The van der Waals surface area contributed by atoms with Gasteiger partial charge < -0.3 is 4.74 Å². The van der Waals surface area contributed by atoms with E-state index in [2.05, 4.69) is 12.0 Å². The second-order valence-electron chi connectivity index (χ2n) is 4.85. The molecule has 0 N–H and O–H groups in total. The fraction of sp³-hybridized carbons (Fsp3) is 0.375. The van der Waals surface area contributed by atoms with Crippen molar-refractivity contribution in [3.05, 3.63) is 35.5 Å². The predicted octanol–water partition coefficient (Wildman–Crippen LogP) is 3.48. The zero-order valence-electron chi connectivity index (χ0n) is 12.2. The standard InChI is InChI=1S/C16H20N2O2/c1-4-5-8-18-10-14(11-19)16(17-18)13-6-7-15(20-3)12(2)9-13/h6-7,9-11H,4-5,8H2,1-3H3. The molecule has 1 heterocycles. The van der Waals surface area contributed by atoms with Gasteiger partial charge in [0.05, 0.1) is 12.7 Å². The Morgan fingerprint density at radius 2 is 2.20 bits per heavy atom. The summed E-state index contributed by atoms with van der Waals surface area (Å²) in [6, 6.07) is 5.84. The van der Waals surface area contributed by atoms with Crippen molar-refractivity contribution in [1.82, 2.24) is 9.78 Å². The number of nitrogens with zero attached hydrogens (tertiary/aromatic N) is 2. The summed E-state index contributed by atoms with van der Waals surface area (Å²) in [7, 11) is 1.65. The van der Waals surface area contributed by atoms with Gasteiger partial charge in [-0.2, -0.15) is 5.10 Å². The van der Waals surface area contributed by atoms with Crippen LogP contribution in [0.4, 0.5) is 0 Å². The van der Waals surface area contributed by atoms with Crippen molar-refractivity contribution in [2.75, 3.05) is 7.11 Å². The Balaban J connectivity index is 2.38. The van der Waals surface area contributed by atoms with Crippen LogP contribution in [0.2, 0.25) is 0 Å². The first-order valence-corrected chi connectivity index (χ1v) is 6.87. The number of carbonyl (C=O) groups is 1. The Hall–Kier alpha value is -2.10. The number of aryl methyl sites for hydroxylation is 2. The van der Waals surface area contributed by atoms with Gasteiger partial charge >= 0.3 is 0 Å². The third-order valence-corrected chi connectivity index (χ3v) is 3.33. The van der Waals surface area contributed by atoms with Gasteiger partial charge in [0.25, 0.3) is 0 Å². The van der Waals surface area contributed by atoms with Crippen molar-refractivity contribution in [2.24, 2.45) is 0 Å². The van der Waals surface area contributed by atoms with E-state index in [4.69, 9.17) is 4.74 Å². The predicted molar refractivity (Wildman–Crippen MR) is 79.2 cm³/mol. The van der Waals surface area contributed by atoms with E-state index >= 15 is 0 Å². The topological polar surface area (TPSA) is 44.1 Å². The molecule has 0 atom stereocenters. The van der Waals surface area contributed by atoms with Crippen molar-refractivity contribution in [2.45, 2.75) is 33.2 Å². The minimum Gasteiger partial charge on any atom is -0.496 e. The van der Waals surface area contributed by atoms with Crippen LogP contribution in [-0.2, 0) is 6.54 Å². The summed E-state index contributed by atoms with van der Waals surface area (Å²) in [6.07, 6.45) is 4.84. The highest BCUT2D eigenvalue weighted by Gasteiger charge is 2.12. The summed E-state index contributed by atoms with van der Waals surface area (Å²) in [4.78, 5) is 11.2. The third kappa shape index (κ3) is 2.90. The van der Waals surface area contributed by atoms with Crippen molar-refractivity contribution in [1.29, 1.82) is 0 Å². The lowest BCUT2D eigenvalue weighted by molar-refractivity contribution is 0.112. The fourth-order valence-electron chi connectivity index (χ4n) is 2.21. The van der Waals surface area contributed by atoms with Crippen LogP contribution in [0.15, 0.2) is 24.4 Å². The number of benzene rings is 1. The van der Waals surface area contributed by atoms with Gasteiger partial charge in [-0.1, -0.05) is 13.3 Å². The largest absolute Gasteiger partial charge is 0.496 e. The molecule has 0 unspecified atom stereocenters. The second kappa shape index (κ2) is 6.37. The molecule has 0 fully saturated rings. The molecular weight excluding hydrogens is 252 g/mol. The lowest BCUT2D eigenvalue weighted by Gasteiger charge is -2.06. The van der Waals surface area contributed by atoms with Gasteiger partial charge in [0.1, 0.15) is 11.4 Å². The summed E-state index contributed by atoms with van der Waals surface area (Å²) in [6.45, 7) is 4.96. The molecular formula is C16H20N2O2. The molecule has 1 aromatic heterocycles. The maximum Gasteiger partial charge on any atom is 0.153 e.